The fourth-order valence-electron chi connectivity index (χ4n) is 3.25. The summed E-state index contributed by atoms with van der Waals surface area (Å²) in [7, 11) is 0. The van der Waals surface area contributed by atoms with Gasteiger partial charge in [-0.05, 0) is 30.7 Å². The van der Waals surface area contributed by atoms with Gasteiger partial charge in [-0.2, -0.15) is 0 Å². The lowest BCUT2D eigenvalue weighted by Crippen LogP contribution is -2.19. The van der Waals surface area contributed by atoms with Crippen LogP contribution in [0.4, 0.5) is 0 Å². The molecule has 2 aliphatic rings. The van der Waals surface area contributed by atoms with E-state index in [4.69, 9.17) is 4.74 Å². The molecule has 0 saturated heterocycles. The largest absolute Gasteiger partial charge is 0.489 e. The maximum atomic E-state index is 5.82. The van der Waals surface area contributed by atoms with E-state index in [1.807, 2.05) is 0 Å². The van der Waals surface area contributed by atoms with E-state index in [0.717, 1.165) is 49.3 Å². The van der Waals surface area contributed by atoms with Crippen LogP contribution in [0.25, 0.3) is 10.9 Å². The summed E-state index contributed by atoms with van der Waals surface area (Å²) in [4.78, 5) is 0. The van der Waals surface area contributed by atoms with Crippen LogP contribution >= 0.6 is 15.9 Å². The van der Waals surface area contributed by atoms with Crippen LogP contribution in [-0.4, -0.2) is 24.3 Å². The number of nitrogens with one attached hydrogen (secondary N) is 1. The molecule has 0 aliphatic carbocycles. The number of fused-ring (bicyclic) bond motifs is 3. The van der Waals surface area contributed by atoms with Gasteiger partial charge in [-0.25, -0.2) is 0 Å². The molecule has 94 valence electrons. The van der Waals surface area contributed by atoms with E-state index in [2.05, 4.69) is 37.9 Å². The average molecular weight is 307 g/mol. The Hall–Kier alpha value is -1.00. The lowest BCUT2D eigenvalue weighted by molar-refractivity contribution is 0.285. The Bertz CT molecular complexity index is 632. The molecule has 0 unspecified atom stereocenters. The number of halogens is 1. The normalized spacial score (nSPS) is 18.3. The maximum Gasteiger partial charge on any atom is 0.144 e. The first-order valence-electron chi connectivity index (χ1n) is 6.51. The Balaban J connectivity index is 2.10. The minimum Gasteiger partial charge on any atom is -0.489 e. The summed E-state index contributed by atoms with van der Waals surface area (Å²) >= 11 is 3.60. The number of benzene rings is 1. The van der Waals surface area contributed by atoms with E-state index in [0.29, 0.717) is 0 Å². The van der Waals surface area contributed by atoms with Crippen LogP contribution in [0.2, 0.25) is 0 Å². The summed E-state index contributed by atoms with van der Waals surface area (Å²) in [6.07, 6.45) is 2.25. The summed E-state index contributed by atoms with van der Waals surface area (Å²) in [5.41, 5.74) is 4.33. The Morgan fingerprint density at radius 3 is 3.06 bits per heavy atom. The summed E-state index contributed by atoms with van der Waals surface area (Å²) in [5.74, 6) is 1.03. The number of ether oxygens (including phenoxy) is 1. The molecule has 3 heterocycles. The zero-order valence-electron chi connectivity index (χ0n) is 10.1. The Labute approximate surface area is 114 Å². The van der Waals surface area contributed by atoms with E-state index < -0.39 is 0 Å². The highest BCUT2D eigenvalue weighted by Crippen LogP contribution is 2.38. The number of hydrogen-bond donors (Lipinski definition) is 1. The summed E-state index contributed by atoms with van der Waals surface area (Å²) < 4.78 is 9.41. The van der Waals surface area contributed by atoms with Gasteiger partial charge in [-0.15, -0.1) is 0 Å². The highest BCUT2D eigenvalue weighted by molar-refractivity contribution is 9.10. The minimum absolute atomic E-state index is 0.785. The second-order valence-corrected chi connectivity index (χ2v) is 5.89. The summed E-state index contributed by atoms with van der Waals surface area (Å²) in [6.45, 7) is 3.93. The summed E-state index contributed by atoms with van der Waals surface area (Å²) in [6, 6.07) is 4.34. The van der Waals surface area contributed by atoms with Gasteiger partial charge in [0.1, 0.15) is 12.4 Å². The van der Waals surface area contributed by atoms with E-state index in [-0.39, 0.29) is 0 Å². The van der Waals surface area contributed by atoms with Crippen molar-refractivity contribution in [1.82, 2.24) is 9.88 Å². The Morgan fingerprint density at radius 1 is 1.22 bits per heavy atom. The quantitative estimate of drug-likeness (QED) is 0.809. The van der Waals surface area contributed by atoms with Crippen LogP contribution in [0.1, 0.15) is 11.3 Å². The third-order valence-electron chi connectivity index (χ3n) is 3.97. The molecular weight excluding hydrogens is 292 g/mol. The lowest BCUT2D eigenvalue weighted by atomic mass is 10.1. The smallest absolute Gasteiger partial charge is 0.144 e. The molecule has 4 rings (SSSR count). The van der Waals surface area contributed by atoms with Crippen LogP contribution < -0.4 is 10.1 Å². The fourth-order valence-corrected chi connectivity index (χ4v) is 3.69. The minimum atomic E-state index is 0.785. The van der Waals surface area contributed by atoms with Crippen molar-refractivity contribution in [2.75, 3.05) is 19.7 Å². The van der Waals surface area contributed by atoms with Crippen molar-refractivity contribution in [1.29, 1.82) is 0 Å². The molecule has 0 spiro atoms. The van der Waals surface area contributed by atoms with Gasteiger partial charge < -0.3 is 14.6 Å². The van der Waals surface area contributed by atoms with Gasteiger partial charge in [0, 0.05) is 28.5 Å². The first-order valence-corrected chi connectivity index (χ1v) is 7.31. The Morgan fingerprint density at radius 2 is 2.11 bits per heavy atom. The first kappa shape index (κ1) is 10.9. The van der Waals surface area contributed by atoms with E-state index >= 15 is 0 Å². The van der Waals surface area contributed by atoms with Crippen LogP contribution in [0.5, 0.6) is 5.75 Å². The second-order valence-electron chi connectivity index (χ2n) is 4.98. The molecule has 4 heteroatoms. The van der Waals surface area contributed by atoms with Crippen LogP contribution in [-0.2, 0) is 19.4 Å². The molecule has 3 nitrogen and oxygen atoms in total. The molecule has 0 radical (unpaired) electrons. The number of aromatic nitrogens is 1. The predicted octanol–water partition coefficient (Wildman–Crippen LogP) is 2.48. The molecule has 0 bridgehead atoms. The van der Waals surface area contributed by atoms with Crippen molar-refractivity contribution in [2.45, 2.75) is 19.4 Å². The SMILES string of the molecule is Brc1cc2c3c(c1)c1c(n3CCO2)CCNCC1. The molecule has 0 fully saturated rings. The van der Waals surface area contributed by atoms with E-state index in [1.54, 1.807) is 0 Å². The van der Waals surface area contributed by atoms with E-state index in [1.165, 1.54) is 22.2 Å². The zero-order valence-corrected chi connectivity index (χ0v) is 11.7. The van der Waals surface area contributed by atoms with Gasteiger partial charge >= 0.3 is 0 Å². The van der Waals surface area contributed by atoms with Crippen molar-refractivity contribution in [2.24, 2.45) is 0 Å². The van der Waals surface area contributed by atoms with Crippen molar-refractivity contribution < 1.29 is 4.74 Å². The topological polar surface area (TPSA) is 26.2 Å². The van der Waals surface area contributed by atoms with Crippen molar-refractivity contribution in [3.8, 4) is 5.75 Å². The number of hydrogen-bond acceptors (Lipinski definition) is 2. The van der Waals surface area contributed by atoms with Gasteiger partial charge in [-0.1, -0.05) is 15.9 Å². The molecule has 0 atom stereocenters. The molecule has 0 amide bonds. The molecule has 1 aromatic carbocycles. The fraction of sp³-hybridized carbons (Fsp3) is 0.429. The molecular formula is C14H15BrN2O. The number of nitrogens with zero attached hydrogens (tertiary/aromatic N) is 1. The van der Waals surface area contributed by atoms with Crippen LogP contribution in [0.3, 0.4) is 0 Å². The lowest BCUT2D eigenvalue weighted by Gasteiger charge is -2.19. The van der Waals surface area contributed by atoms with Crippen molar-refractivity contribution >= 4 is 26.8 Å². The van der Waals surface area contributed by atoms with Crippen LogP contribution in [0, 0.1) is 0 Å². The highest BCUT2D eigenvalue weighted by Gasteiger charge is 2.24. The van der Waals surface area contributed by atoms with Gasteiger partial charge in [0.15, 0.2) is 0 Å². The summed E-state index contributed by atoms with van der Waals surface area (Å²) in [5, 5.41) is 4.86. The third kappa shape index (κ3) is 1.45. The number of rotatable bonds is 0. The Kier molecular flexibility index (Phi) is 2.42. The van der Waals surface area contributed by atoms with E-state index in [9.17, 15) is 0 Å². The maximum absolute atomic E-state index is 5.82. The van der Waals surface area contributed by atoms with Crippen molar-refractivity contribution in [3.63, 3.8) is 0 Å². The van der Waals surface area contributed by atoms with Gasteiger partial charge in [0.05, 0.1) is 12.1 Å². The second kappa shape index (κ2) is 4.00. The molecule has 0 saturated carbocycles. The molecule has 2 aromatic rings. The first-order chi connectivity index (χ1) is 8.84. The standard InChI is InChI=1S/C14H15BrN2O/c15-9-7-11-10-1-3-16-4-2-12(10)17-5-6-18-13(8-9)14(11)17/h7-8,16H,1-6H2. The third-order valence-corrected chi connectivity index (χ3v) is 4.43. The van der Waals surface area contributed by atoms with Gasteiger partial charge in [0.25, 0.3) is 0 Å². The zero-order chi connectivity index (χ0) is 12.1. The molecule has 18 heavy (non-hydrogen) atoms. The van der Waals surface area contributed by atoms with Crippen LogP contribution in [0.15, 0.2) is 16.6 Å². The molecule has 1 N–H and O–H groups in total. The van der Waals surface area contributed by atoms with Gasteiger partial charge in [0.2, 0.25) is 0 Å². The predicted molar refractivity (Wildman–Crippen MR) is 75.4 cm³/mol. The average Bonchev–Trinajstić information content (AvgIpc) is 2.55. The molecule has 1 aromatic heterocycles. The monoisotopic (exact) mass is 306 g/mol. The highest BCUT2D eigenvalue weighted by atomic mass is 79.9. The van der Waals surface area contributed by atoms with Crippen molar-refractivity contribution in [3.05, 3.63) is 27.9 Å². The molecule has 2 aliphatic heterocycles. The van der Waals surface area contributed by atoms with Gasteiger partial charge in [-0.3, -0.25) is 0 Å².